The molecule has 1 N–H and O–H groups in total. The molecule has 0 aromatic heterocycles. The Bertz CT molecular complexity index is 1190. The molecule has 1 atom stereocenters. The van der Waals surface area contributed by atoms with Crippen LogP contribution in [-0.4, -0.2) is 54.6 Å². The van der Waals surface area contributed by atoms with Crippen LogP contribution < -0.4 is 5.32 Å². The minimum Gasteiger partial charge on any atom is -0.325 e. The summed E-state index contributed by atoms with van der Waals surface area (Å²) in [5.41, 5.74) is 1.16. The van der Waals surface area contributed by atoms with Crippen molar-refractivity contribution in [3.63, 3.8) is 0 Å². The van der Waals surface area contributed by atoms with E-state index in [4.69, 9.17) is 0 Å². The molecule has 2 heterocycles. The number of guanidine groups is 2. The monoisotopic (exact) mass is 446 g/mol. The molecule has 2 aliphatic heterocycles. The Kier molecular flexibility index (Phi) is 5.41. The molecule has 2 aromatic rings. The van der Waals surface area contributed by atoms with Crippen molar-refractivity contribution in [1.82, 2.24) is 9.80 Å². The average Bonchev–Trinajstić information content (AvgIpc) is 3.19. The lowest BCUT2D eigenvalue weighted by molar-refractivity contribution is 0.230. The second kappa shape index (κ2) is 8.06. The second-order valence-electron chi connectivity index (χ2n) is 7.29. The maximum Gasteiger partial charge on any atom is 0.353 e. The van der Waals surface area contributed by atoms with Gasteiger partial charge < -0.3 is 5.32 Å². The molecule has 0 aliphatic carbocycles. The molecule has 4 rings (SSSR count). The molecule has 2 aliphatic rings. The molecule has 0 fully saturated rings. The van der Waals surface area contributed by atoms with E-state index in [0.717, 1.165) is 12.1 Å². The summed E-state index contributed by atoms with van der Waals surface area (Å²) in [5.74, 6) is -4.58. The summed E-state index contributed by atoms with van der Waals surface area (Å²) < 4.78 is 55.6. The van der Waals surface area contributed by atoms with Gasteiger partial charge in [-0.3, -0.25) is 14.8 Å². The first-order chi connectivity index (χ1) is 15.2. The number of aliphatic imine (C=N–C) groups is 3. The Hall–Kier alpha value is -3.76. The molecule has 11 heteroatoms. The summed E-state index contributed by atoms with van der Waals surface area (Å²) >= 11 is 0. The Morgan fingerprint density at radius 1 is 1.12 bits per heavy atom. The number of carbonyl (C=O) groups excluding carboxylic acids is 1. The van der Waals surface area contributed by atoms with Gasteiger partial charge in [-0.05, 0) is 42.3 Å². The Labute approximate surface area is 180 Å². The van der Waals surface area contributed by atoms with E-state index in [0.29, 0.717) is 11.3 Å². The number of hydrogen-bond donors (Lipinski definition) is 1. The molecule has 1 unspecified atom stereocenters. The average molecular weight is 446 g/mol. The van der Waals surface area contributed by atoms with Crippen molar-refractivity contribution in [3.05, 3.63) is 64.2 Å². The van der Waals surface area contributed by atoms with Gasteiger partial charge in [-0.2, -0.15) is 4.99 Å². The zero-order valence-electron chi connectivity index (χ0n) is 17.3. The number of nitrogens with one attached hydrogen (secondary N) is 1. The summed E-state index contributed by atoms with van der Waals surface area (Å²) in [4.78, 5) is 27.2. The lowest BCUT2D eigenvalue weighted by Gasteiger charge is -2.35. The van der Waals surface area contributed by atoms with Crippen LogP contribution in [0, 0.1) is 30.2 Å². The number of urea groups is 1. The number of halogens is 4. The highest BCUT2D eigenvalue weighted by Gasteiger charge is 2.41. The molecule has 0 radical (unpaired) electrons. The van der Waals surface area contributed by atoms with Crippen molar-refractivity contribution in [2.75, 3.05) is 26.0 Å². The van der Waals surface area contributed by atoms with Crippen LogP contribution in [0.1, 0.15) is 22.7 Å². The molecule has 7 nitrogen and oxygen atoms in total. The molecule has 166 valence electrons. The van der Waals surface area contributed by atoms with E-state index in [9.17, 15) is 22.4 Å². The van der Waals surface area contributed by atoms with Crippen molar-refractivity contribution >= 4 is 29.9 Å². The van der Waals surface area contributed by atoms with Gasteiger partial charge in [-0.1, -0.05) is 0 Å². The quantitative estimate of drug-likeness (QED) is 0.442. The first-order valence-corrected chi connectivity index (χ1v) is 9.55. The largest absolute Gasteiger partial charge is 0.353 e. The van der Waals surface area contributed by atoms with Crippen LogP contribution in [0.25, 0.3) is 0 Å². The molecule has 32 heavy (non-hydrogen) atoms. The maximum atomic E-state index is 14.4. The van der Waals surface area contributed by atoms with Crippen LogP contribution in [0.4, 0.5) is 28.0 Å². The molecule has 2 amide bonds. The lowest BCUT2D eigenvalue weighted by atomic mass is 10.1. The molecular weight excluding hydrogens is 428 g/mol. The van der Waals surface area contributed by atoms with E-state index in [-0.39, 0.29) is 29.6 Å². The fraction of sp³-hybridized carbons (Fsp3) is 0.238. The van der Waals surface area contributed by atoms with E-state index in [2.05, 4.69) is 20.3 Å². The lowest BCUT2D eigenvalue weighted by Crippen LogP contribution is -2.53. The SMILES string of the molecule is C/N=C/c1cc(F)c(C)c(NC2=NC(=O)N(C)C3=NCC(c4cc(F)c(F)c(F)c4)N23)c1. The first-order valence-electron chi connectivity index (χ1n) is 9.55. The Morgan fingerprint density at radius 2 is 1.81 bits per heavy atom. The third-order valence-corrected chi connectivity index (χ3v) is 5.23. The van der Waals surface area contributed by atoms with E-state index in [1.54, 1.807) is 20.0 Å². The van der Waals surface area contributed by atoms with Gasteiger partial charge in [0.25, 0.3) is 0 Å². The predicted molar refractivity (Wildman–Crippen MR) is 112 cm³/mol. The highest BCUT2D eigenvalue weighted by molar-refractivity contribution is 6.17. The zero-order chi connectivity index (χ0) is 23.2. The minimum atomic E-state index is -1.58. The number of nitrogens with zero attached hydrogens (tertiary/aromatic N) is 5. The topological polar surface area (TPSA) is 72.7 Å². The van der Waals surface area contributed by atoms with Crippen molar-refractivity contribution in [3.8, 4) is 0 Å². The van der Waals surface area contributed by atoms with Crippen LogP contribution in [0.2, 0.25) is 0 Å². The summed E-state index contributed by atoms with van der Waals surface area (Å²) in [6, 6.07) is 3.27. The van der Waals surface area contributed by atoms with Gasteiger partial charge in [0.2, 0.25) is 11.9 Å². The van der Waals surface area contributed by atoms with E-state index >= 15 is 0 Å². The van der Waals surface area contributed by atoms with Gasteiger partial charge in [0.1, 0.15) is 5.82 Å². The van der Waals surface area contributed by atoms with E-state index in [1.807, 2.05) is 0 Å². The molecule has 0 saturated heterocycles. The molecular formula is C21H18F4N6O. The van der Waals surface area contributed by atoms with Crippen molar-refractivity contribution in [2.45, 2.75) is 13.0 Å². The van der Waals surface area contributed by atoms with Gasteiger partial charge in [-0.15, -0.1) is 0 Å². The van der Waals surface area contributed by atoms with Gasteiger partial charge in [-0.25, -0.2) is 27.3 Å². The summed E-state index contributed by atoms with van der Waals surface area (Å²) in [6.45, 7) is 1.58. The third-order valence-electron chi connectivity index (χ3n) is 5.23. The highest BCUT2D eigenvalue weighted by Crippen LogP contribution is 2.33. The summed E-state index contributed by atoms with van der Waals surface area (Å²) in [5, 5.41) is 2.94. The van der Waals surface area contributed by atoms with Gasteiger partial charge in [0, 0.05) is 31.6 Å². The molecule has 0 bridgehead atoms. The van der Waals surface area contributed by atoms with Crippen molar-refractivity contribution in [2.24, 2.45) is 15.0 Å². The summed E-state index contributed by atoms with van der Waals surface area (Å²) in [6.07, 6.45) is 1.46. The fourth-order valence-electron chi connectivity index (χ4n) is 3.56. The van der Waals surface area contributed by atoms with Crippen LogP contribution in [-0.2, 0) is 0 Å². The van der Waals surface area contributed by atoms with E-state index in [1.165, 1.54) is 29.1 Å². The highest BCUT2D eigenvalue weighted by atomic mass is 19.2. The van der Waals surface area contributed by atoms with E-state index < -0.39 is 35.3 Å². The normalized spacial score (nSPS) is 18.2. The Balaban J connectivity index is 1.77. The number of amides is 2. The van der Waals surface area contributed by atoms with Crippen LogP contribution in [0.3, 0.4) is 0 Å². The standard InChI is InChI=1S/C21H18F4N6O/c1-10-13(22)4-11(8-26-2)5-16(10)28-19-29-21(32)30(3)20-27-9-17(31(19)20)12-6-14(23)18(25)15(24)7-12/h4-8,17H,9H2,1-3H3,(H,28,29,32)/b26-8+. The smallest absolute Gasteiger partial charge is 0.325 e. The number of fused-ring (bicyclic) bond motifs is 1. The van der Waals surface area contributed by atoms with Crippen LogP contribution in [0.15, 0.2) is 39.2 Å². The zero-order valence-corrected chi connectivity index (χ0v) is 17.3. The fourth-order valence-corrected chi connectivity index (χ4v) is 3.56. The van der Waals surface area contributed by atoms with Gasteiger partial charge in [0.05, 0.1) is 12.6 Å². The predicted octanol–water partition coefficient (Wildman–Crippen LogP) is 3.85. The number of rotatable bonds is 3. The number of hydrogen-bond acceptors (Lipinski definition) is 5. The minimum absolute atomic E-state index is 0.00687. The Morgan fingerprint density at radius 3 is 2.47 bits per heavy atom. The van der Waals surface area contributed by atoms with Crippen molar-refractivity contribution < 1.29 is 22.4 Å². The third kappa shape index (κ3) is 3.59. The van der Waals surface area contributed by atoms with Gasteiger partial charge >= 0.3 is 6.03 Å². The maximum absolute atomic E-state index is 14.4. The first kappa shape index (κ1) is 21.5. The molecule has 2 aromatic carbocycles. The second-order valence-corrected chi connectivity index (χ2v) is 7.29. The van der Waals surface area contributed by atoms with Gasteiger partial charge in [0.15, 0.2) is 17.5 Å². The summed E-state index contributed by atoms with van der Waals surface area (Å²) in [7, 11) is 3.00. The number of anilines is 1. The number of carbonyl (C=O) groups is 1. The molecule has 0 spiro atoms. The van der Waals surface area contributed by atoms with Crippen LogP contribution >= 0.6 is 0 Å². The van der Waals surface area contributed by atoms with Crippen LogP contribution in [0.5, 0.6) is 0 Å². The molecule has 0 saturated carbocycles. The van der Waals surface area contributed by atoms with Crippen molar-refractivity contribution in [1.29, 1.82) is 0 Å². The number of benzene rings is 2.